The summed E-state index contributed by atoms with van der Waals surface area (Å²) < 4.78 is 5.12. The van der Waals surface area contributed by atoms with Crippen molar-refractivity contribution in [1.82, 2.24) is 0 Å². The first kappa shape index (κ1) is 12.1. The molecule has 0 aliphatic carbocycles. The van der Waals surface area contributed by atoms with Gasteiger partial charge in [0.2, 0.25) is 0 Å². The quantitative estimate of drug-likeness (QED) is 0.581. The normalized spacial score (nSPS) is 10.1. The monoisotopic (exact) mass is 224 g/mol. The molecule has 0 aliphatic heterocycles. The van der Waals surface area contributed by atoms with E-state index in [0.29, 0.717) is 12.2 Å². The Balaban J connectivity index is 2.65. The van der Waals surface area contributed by atoms with Crippen molar-refractivity contribution in [2.24, 2.45) is 0 Å². The maximum Gasteiger partial charge on any atom is 0.338 e. The number of ether oxygens (including phenoxy) is 1. The van der Waals surface area contributed by atoms with Crippen LogP contribution in [0.3, 0.4) is 0 Å². The standard InChI is InChI=1S/C12H16O2S/c1-9-6-10(2)8-11(7-9)12(13)14-4-5-15-3/h6-8H,4-5H2,1-3H3. The number of rotatable bonds is 4. The second-order valence-corrected chi connectivity index (χ2v) is 4.49. The van der Waals surface area contributed by atoms with Gasteiger partial charge in [0.15, 0.2) is 0 Å². The fourth-order valence-electron chi connectivity index (χ4n) is 1.39. The van der Waals surface area contributed by atoms with Crippen molar-refractivity contribution in [3.05, 3.63) is 34.9 Å². The van der Waals surface area contributed by atoms with E-state index in [1.807, 2.05) is 38.3 Å². The van der Waals surface area contributed by atoms with Gasteiger partial charge in [-0.25, -0.2) is 4.79 Å². The van der Waals surface area contributed by atoms with Crippen molar-refractivity contribution in [3.63, 3.8) is 0 Å². The molecule has 0 bridgehead atoms. The maximum absolute atomic E-state index is 11.6. The molecule has 0 aromatic heterocycles. The number of hydrogen-bond acceptors (Lipinski definition) is 3. The molecule has 0 saturated carbocycles. The number of esters is 1. The number of thioether (sulfide) groups is 1. The average Bonchev–Trinajstić information content (AvgIpc) is 2.16. The second kappa shape index (κ2) is 5.81. The predicted molar refractivity (Wildman–Crippen MR) is 64.6 cm³/mol. The van der Waals surface area contributed by atoms with Crippen LogP contribution in [0, 0.1) is 13.8 Å². The van der Waals surface area contributed by atoms with E-state index < -0.39 is 0 Å². The van der Waals surface area contributed by atoms with E-state index in [-0.39, 0.29) is 5.97 Å². The van der Waals surface area contributed by atoms with Crippen LogP contribution in [0.2, 0.25) is 0 Å². The molecule has 0 fully saturated rings. The van der Waals surface area contributed by atoms with Gasteiger partial charge >= 0.3 is 5.97 Å². The number of benzene rings is 1. The SMILES string of the molecule is CSCCOC(=O)c1cc(C)cc(C)c1. The molecular weight excluding hydrogens is 208 g/mol. The van der Waals surface area contributed by atoms with Crippen LogP contribution in [0.4, 0.5) is 0 Å². The van der Waals surface area contributed by atoms with Crippen molar-refractivity contribution in [1.29, 1.82) is 0 Å². The van der Waals surface area contributed by atoms with Gasteiger partial charge in [-0.3, -0.25) is 0 Å². The summed E-state index contributed by atoms with van der Waals surface area (Å²) in [6, 6.07) is 5.75. The van der Waals surface area contributed by atoms with E-state index in [2.05, 4.69) is 0 Å². The molecule has 0 heterocycles. The summed E-state index contributed by atoms with van der Waals surface area (Å²) in [4.78, 5) is 11.6. The Morgan fingerprint density at radius 3 is 2.40 bits per heavy atom. The summed E-state index contributed by atoms with van der Waals surface area (Å²) in [5.74, 6) is 0.618. The zero-order valence-corrected chi connectivity index (χ0v) is 10.2. The highest BCUT2D eigenvalue weighted by atomic mass is 32.2. The van der Waals surface area contributed by atoms with Crippen LogP contribution < -0.4 is 0 Å². The molecule has 82 valence electrons. The molecule has 0 aliphatic rings. The number of carbonyl (C=O) groups is 1. The van der Waals surface area contributed by atoms with E-state index in [1.165, 1.54) is 0 Å². The Morgan fingerprint density at radius 2 is 1.87 bits per heavy atom. The molecule has 3 heteroatoms. The van der Waals surface area contributed by atoms with Crippen LogP contribution in [0.1, 0.15) is 21.5 Å². The molecule has 0 spiro atoms. The van der Waals surface area contributed by atoms with Crippen LogP contribution in [0.15, 0.2) is 18.2 Å². The topological polar surface area (TPSA) is 26.3 Å². The average molecular weight is 224 g/mol. The summed E-state index contributed by atoms with van der Waals surface area (Å²) in [5.41, 5.74) is 2.83. The minimum atomic E-state index is -0.226. The lowest BCUT2D eigenvalue weighted by molar-refractivity contribution is 0.0530. The molecule has 0 saturated heterocycles. The van der Waals surface area contributed by atoms with E-state index >= 15 is 0 Å². The zero-order valence-electron chi connectivity index (χ0n) is 9.37. The summed E-state index contributed by atoms with van der Waals surface area (Å²) in [6.07, 6.45) is 1.99. The fourth-order valence-corrected chi connectivity index (χ4v) is 1.64. The molecule has 2 nitrogen and oxygen atoms in total. The van der Waals surface area contributed by atoms with Gasteiger partial charge in [0.25, 0.3) is 0 Å². The van der Waals surface area contributed by atoms with E-state index in [1.54, 1.807) is 11.8 Å². The van der Waals surface area contributed by atoms with Gasteiger partial charge in [-0.2, -0.15) is 11.8 Å². The van der Waals surface area contributed by atoms with Crippen molar-refractivity contribution >= 4 is 17.7 Å². The molecule has 1 aromatic rings. The predicted octanol–water partition coefficient (Wildman–Crippen LogP) is 2.82. The van der Waals surface area contributed by atoms with Gasteiger partial charge < -0.3 is 4.74 Å². The Labute approximate surface area is 95.0 Å². The zero-order chi connectivity index (χ0) is 11.3. The highest BCUT2D eigenvalue weighted by molar-refractivity contribution is 7.98. The highest BCUT2D eigenvalue weighted by Crippen LogP contribution is 2.10. The van der Waals surface area contributed by atoms with E-state index in [4.69, 9.17) is 4.74 Å². The van der Waals surface area contributed by atoms with Crippen LogP contribution in [-0.2, 0) is 4.74 Å². The Bertz CT molecular complexity index is 327. The second-order valence-electron chi connectivity index (χ2n) is 3.51. The molecule has 15 heavy (non-hydrogen) atoms. The van der Waals surface area contributed by atoms with Crippen LogP contribution in [0.25, 0.3) is 0 Å². The molecule has 1 rings (SSSR count). The Hall–Kier alpha value is -0.960. The van der Waals surface area contributed by atoms with Gasteiger partial charge in [-0.05, 0) is 32.2 Å². The molecule has 0 amide bonds. The van der Waals surface area contributed by atoms with Gasteiger partial charge in [0.1, 0.15) is 6.61 Å². The minimum absolute atomic E-state index is 0.226. The van der Waals surface area contributed by atoms with Gasteiger partial charge in [-0.1, -0.05) is 17.2 Å². The van der Waals surface area contributed by atoms with Crippen molar-refractivity contribution in [2.75, 3.05) is 18.6 Å². The molecule has 0 radical (unpaired) electrons. The van der Waals surface area contributed by atoms with Gasteiger partial charge in [0, 0.05) is 5.75 Å². The summed E-state index contributed by atoms with van der Waals surface area (Å²) in [6.45, 7) is 4.43. The number of aryl methyl sites for hydroxylation is 2. The summed E-state index contributed by atoms with van der Waals surface area (Å²) in [5, 5.41) is 0. The van der Waals surface area contributed by atoms with Gasteiger partial charge in [0.05, 0.1) is 5.56 Å². The molecular formula is C12H16O2S. The third-order valence-corrected chi connectivity index (χ3v) is 2.55. The summed E-state index contributed by atoms with van der Waals surface area (Å²) in [7, 11) is 0. The largest absolute Gasteiger partial charge is 0.461 e. The van der Waals surface area contributed by atoms with Crippen molar-refractivity contribution < 1.29 is 9.53 Å². The maximum atomic E-state index is 11.6. The van der Waals surface area contributed by atoms with Crippen LogP contribution in [0.5, 0.6) is 0 Å². The van der Waals surface area contributed by atoms with Crippen LogP contribution in [-0.4, -0.2) is 24.6 Å². The Kier molecular flexibility index (Phi) is 4.69. The first-order valence-electron chi connectivity index (χ1n) is 4.88. The highest BCUT2D eigenvalue weighted by Gasteiger charge is 2.07. The molecule has 0 unspecified atom stereocenters. The lowest BCUT2D eigenvalue weighted by Crippen LogP contribution is -2.08. The fraction of sp³-hybridized carbons (Fsp3) is 0.417. The minimum Gasteiger partial charge on any atom is -0.461 e. The van der Waals surface area contributed by atoms with E-state index in [0.717, 1.165) is 16.9 Å². The lowest BCUT2D eigenvalue weighted by Gasteiger charge is -2.05. The first-order chi connectivity index (χ1) is 7.13. The first-order valence-corrected chi connectivity index (χ1v) is 6.27. The third-order valence-electron chi connectivity index (χ3n) is 1.98. The molecule has 1 aromatic carbocycles. The summed E-state index contributed by atoms with van der Waals surface area (Å²) >= 11 is 1.67. The molecule has 0 atom stereocenters. The number of carbonyl (C=O) groups excluding carboxylic acids is 1. The Morgan fingerprint density at radius 1 is 1.27 bits per heavy atom. The van der Waals surface area contributed by atoms with E-state index in [9.17, 15) is 4.79 Å². The smallest absolute Gasteiger partial charge is 0.338 e. The van der Waals surface area contributed by atoms with Crippen molar-refractivity contribution in [2.45, 2.75) is 13.8 Å². The third kappa shape index (κ3) is 3.96. The van der Waals surface area contributed by atoms with Crippen LogP contribution >= 0.6 is 11.8 Å². The number of hydrogen-bond donors (Lipinski definition) is 0. The molecule has 0 N–H and O–H groups in total. The lowest BCUT2D eigenvalue weighted by atomic mass is 10.1. The van der Waals surface area contributed by atoms with Gasteiger partial charge in [-0.15, -0.1) is 0 Å². The van der Waals surface area contributed by atoms with Crippen molar-refractivity contribution in [3.8, 4) is 0 Å².